The van der Waals surface area contributed by atoms with E-state index in [-0.39, 0.29) is 24.0 Å². The third-order valence-electron chi connectivity index (χ3n) is 4.52. The molecule has 0 amide bonds. The van der Waals surface area contributed by atoms with Crippen molar-refractivity contribution in [3.8, 4) is 5.75 Å². The predicted molar refractivity (Wildman–Crippen MR) is 115 cm³/mol. The van der Waals surface area contributed by atoms with Crippen LogP contribution in [0.4, 0.5) is 5.69 Å². The van der Waals surface area contributed by atoms with Crippen molar-refractivity contribution in [2.45, 2.75) is 39.2 Å². The highest BCUT2D eigenvalue weighted by Gasteiger charge is 2.13. The summed E-state index contributed by atoms with van der Waals surface area (Å²) in [6.07, 6.45) is 4.77. The van der Waals surface area contributed by atoms with Crippen molar-refractivity contribution in [3.63, 3.8) is 0 Å². The number of aryl methyl sites for hydroxylation is 2. The van der Waals surface area contributed by atoms with Gasteiger partial charge in [0.15, 0.2) is 5.96 Å². The number of hydrogen-bond donors (Lipinski definition) is 2. The van der Waals surface area contributed by atoms with Crippen molar-refractivity contribution < 1.29 is 4.74 Å². The Labute approximate surface area is 166 Å². The van der Waals surface area contributed by atoms with Crippen LogP contribution in [0.1, 0.15) is 35.1 Å². The van der Waals surface area contributed by atoms with Crippen LogP contribution in [0.15, 0.2) is 41.4 Å². The molecule has 134 valence electrons. The van der Waals surface area contributed by atoms with Gasteiger partial charge >= 0.3 is 0 Å². The van der Waals surface area contributed by atoms with E-state index < -0.39 is 0 Å². The number of hydrogen-bond acceptors (Lipinski definition) is 2. The van der Waals surface area contributed by atoms with Gasteiger partial charge in [0, 0.05) is 11.3 Å². The molecule has 0 spiro atoms. The molecule has 0 fully saturated rings. The standard InChI is InChI=1S/C20H25N3O.HI/c1-14-10-11-16(19(12-14)24-2)13-22-20(21)23-18-9-5-7-15-6-3-4-8-17(15)18;/h5,7,9-12H,3-4,6,8,13H2,1-2H3,(H3,21,22,23);1H. The van der Waals surface area contributed by atoms with Gasteiger partial charge in [-0.3, -0.25) is 0 Å². The molecule has 3 rings (SSSR count). The Bertz CT molecular complexity index is 759. The van der Waals surface area contributed by atoms with Crippen molar-refractivity contribution in [1.82, 2.24) is 0 Å². The number of benzene rings is 2. The van der Waals surface area contributed by atoms with Crippen LogP contribution < -0.4 is 15.8 Å². The minimum Gasteiger partial charge on any atom is -0.496 e. The molecule has 0 saturated heterocycles. The molecule has 0 radical (unpaired) electrons. The van der Waals surface area contributed by atoms with Gasteiger partial charge in [-0.25, -0.2) is 4.99 Å². The van der Waals surface area contributed by atoms with Crippen LogP contribution in [0.2, 0.25) is 0 Å². The number of nitrogens with one attached hydrogen (secondary N) is 1. The lowest BCUT2D eigenvalue weighted by molar-refractivity contribution is 0.409. The zero-order valence-corrected chi connectivity index (χ0v) is 17.2. The average molecular weight is 451 g/mol. The van der Waals surface area contributed by atoms with E-state index in [4.69, 9.17) is 10.5 Å². The summed E-state index contributed by atoms with van der Waals surface area (Å²) in [5.74, 6) is 1.29. The molecule has 25 heavy (non-hydrogen) atoms. The molecule has 1 aliphatic carbocycles. The van der Waals surface area contributed by atoms with Crippen LogP contribution in [-0.4, -0.2) is 13.1 Å². The molecule has 3 N–H and O–H groups in total. The monoisotopic (exact) mass is 451 g/mol. The molecule has 4 nitrogen and oxygen atoms in total. The molecular formula is C20H26IN3O. The van der Waals surface area contributed by atoms with E-state index in [1.807, 2.05) is 19.1 Å². The molecule has 0 heterocycles. The maximum Gasteiger partial charge on any atom is 0.193 e. The Morgan fingerprint density at radius 3 is 2.80 bits per heavy atom. The fourth-order valence-corrected chi connectivity index (χ4v) is 3.23. The Morgan fingerprint density at radius 2 is 2.00 bits per heavy atom. The number of halogens is 1. The number of aliphatic imine (C=N–C) groups is 1. The van der Waals surface area contributed by atoms with E-state index >= 15 is 0 Å². The molecule has 0 bridgehead atoms. The Hall–Kier alpha value is -1.76. The highest BCUT2D eigenvalue weighted by atomic mass is 127. The Kier molecular flexibility index (Phi) is 7.11. The first-order valence-electron chi connectivity index (χ1n) is 8.48. The second kappa shape index (κ2) is 9.08. The topological polar surface area (TPSA) is 59.6 Å². The van der Waals surface area contributed by atoms with Crippen molar-refractivity contribution in [2.75, 3.05) is 12.4 Å². The van der Waals surface area contributed by atoms with Gasteiger partial charge in [0.25, 0.3) is 0 Å². The summed E-state index contributed by atoms with van der Waals surface area (Å²) in [5.41, 5.74) is 12.2. The normalized spacial score (nSPS) is 13.6. The molecule has 0 aromatic heterocycles. The number of anilines is 1. The number of guanidine groups is 1. The molecule has 1 aliphatic rings. The fraction of sp³-hybridized carbons (Fsp3) is 0.350. The lowest BCUT2D eigenvalue weighted by Gasteiger charge is -2.19. The van der Waals surface area contributed by atoms with Gasteiger partial charge in [-0.15, -0.1) is 24.0 Å². The molecule has 0 aliphatic heterocycles. The molecule has 0 saturated carbocycles. The summed E-state index contributed by atoms with van der Waals surface area (Å²) < 4.78 is 5.42. The summed E-state index contributed by atoms with van der Waals surface area (Å²) in [5, 5.41) is 3.28. The first kappa shape index (κ1) is 19.6. The number of nitrogens with zero attached hydrogens (tertiary/aromatic N) is 1. The van der Waals surface area contributed by atoms with Gasteiger partial charge in [-0.2, -0.15) is 0 Å². The summed E-state index contributed by atoms with van der Waals surface area (Å²) in [7, 11) is 1.68. The van der Waals surface area contributed by atoms with Gasteiger partial charge in [0.1, 0.15) is 5.75 Å². The van der Waals surface area contributed by atoms with Crippen LogP contribution in [-0.2, 0) is 19.4 Å². The first-order chi connectivity index (χ1) is 11.7. The van der Waals surface area contributed by atoms with E-state index in [9.17, 15) is 0 Å². The molecular weight excluding hydrogens is 425 g/mol. The third-order valence-corrected chi connectivity index (χ3v) is 4.52. The van der Waals surface area contributed by atoms with Crippen LogP contribution in [0.25, 0.3) is 0 Å². The van der Waals surface area contributed by atoms with Crippen molar-refractivity contribution >= 4 is 35.6 Å². The van der Waals surface area contributed by atoms with Gasteiger partial charge in [0.05, 0.1) is 13.7 Å². The minimum absolute atomic E-state index is 0. The molecule has 0 unspecified atom stereocenters. The van der Waals surface area contributed by atoms with Gasteiger partial charge < -0.3 is 15.8 Å². The number of rotatable bonds is 4. The van der Waals surface area contributed by atoms with E-state index in [0.717, 1.165) is 29.8 Å². The van der Waals surface area contributed by atoms with Crippen LogP contribution in [0.5, 0.6) is 5.75 Å². The Morgan fingerprint density at radius 1 is 1.20 bits per heavy atom. The number of methoxy groups -OCH3 is 1. The highest BCUT2D eigenvalue weighted by Crippen LogP contribution is 2.27. The third kappa shape index (κ3) is 4.87. The second-order valence-electron chi connectivity index (χ2n) is 6.29. The van der Waals surface area contributed by atoms with E-state index in [2.05, 4.69) is 34.6 Å². The first-order valence-corrected chi connectivity index (χ1v) is 8.48. The predicted octanol–water partition coefficient (Wildman–Crippen LogP) is 4.43. The molecule has 2 aromatic carbocycles. The minimum atomic E-state index is 0. The summed E-state index contributed by atoms with van der Waals surface area (Å²) in [6.45, 7) is 2.54. The van der Waals surface area contributed by atoms with Gasteiger partial charge in [0.2, 0.25) is 0 Å². The molecule has 5 heteroatoms. The SMILES string of the molecule is COc1cc(C)ccc1CN=C(N)Nc1cccc2c1CCCC2.I. The fourth-order valence-electron chi connectivity index (χ4n) is 3.23. The lowest BCUT2D eigenvalue weighted by Crippen LogP contribution is -2.24. The van der Waals surface area contributed by atoms with E-state index in [1.165, 1.54) is 29.5 Å². The van der Waals surface area contributed by atoms with Crippen LogP contribution in [0.3, 0.4) is 0 Å². The van der Waals surface area contributed by atoms with Crippen LogP contribution >= 0.6 is 24.0 Å². The van der Waals surface area contributed by atoms with Crippen molar-refractivity contribution in [2.24, 2.45) is 10.7 Å². The number of nitrogens with two attached hydrogens (primary N) is 1. The van der Waals surface area contributed by atoms with E-state index in [1.54, 1.807) is 7.11 Å². The summed E-state index contributed by atoms with van der Waals surface area (Å²) >= 11 is 0. The van der Waals surface area contributed by atoms with Crippen molar-refractivity contribution in [3.05, 3.63) is 58.7 Å². The van der Waals surface area contributed by atoms with Gasteiger partial charge in [-0.05, 0) is 61.4 Å². The molecule has 2 aromatic rings. The maximum atomic E-state index is 6.11. The zero-order valence-electron chi connectivity index (χ0n) is 14.8. The quantitative estimate of drug-likeness (QED) is 0.411. The van der Waals surface area contributed by atoms with Gasteiger partial charge in [-0.1, -0.05) is 24.3 Å². The van der Waals surface area contributed by atoms with Crippen LogP contribution in [0, 0.1) is 6.92 Å². The highest BCUT2D eigenvalue weighted by molar-refractivity contribution is 14.0. The second-order valence-corrected chi connectivity index (χ2v) is 6.29. The largest absolute Gasteiger partial charge is 0.496 e. The maximum absolute atomic E-state index is 6.11. The molecule has 0 atom stereocenters. The summed E-state index contributed by atoms with van der Waals surface area (Å²) in [4.78, 5) is 4.48. The average Bonchev–Trinajstić information content (AvgIpc) is 2.61. The smallest absolute Gasteiger partial charge is 0.193 e. The summed E-state index contributed by atoms with van der Waals surface area (Å²) in [6, 6.07) is 12.5. The number of fused-ring (bicyclic) bond motifs is 1. The lowest BCUT2D eigenvalue weighted by atomic mass is 9.90. The Balaban J connectivity index is 0.00000225. The van der Waals surface area contributed by atoms with Crippen molar-refractivity contribution in [1.29, 1.82) is 0 Å². The number of ether oxygens (including phenoxy) is 1. The zero-order chi connectivity index (χ0) is 16.9. The van der Waals surface area contributed by atoms with E-state index in [0.29, 0.717) is 12.5 Å².